The van der Waals surface area contributed by atoms with Crippen LogP contribution in [0.3, 0.4) is 0 Å². The molecule has 4 nitrogen and oxygen atoms in total. The normalized spacial score (nSPS) is 13.7. The summed E-state index contributed by atoms with van der Waals surface area (Å²) in [6, 6.07) is 44.4. The van der Waals surface area contributed by atoms with E-state index < -0.39 is 48.3 Å². The van der Waals surface area contributed by atoms with Gasteiger partial charge in [0, 0.05) is 53.2 Å². The van der Waals surface area contributed by atoms with Crippen molar-refractivity contribution in [2.24, 2.45) is 0 Å². The van der Waals surface area contributed by atoms with Crippen LogP contribution in [0.15, 0.2) is 194 Å². The Morgan fingerprint density at radius 3 is 1.81 bits per heavy atom. The molecule has 0 saturated carbocycles. The molecule has 0 N–H and O–H groups in total. The number of benzene rings is 9. The van der Waals surface area contributed by atoms with Gasteiger partial charge in [0.05, 0.1) is 27.7 Å². The summed E-state index contributed by atoms with van der Waals surface area (Å²) in [5.41, 5.74) is 3.68. The van der Waals surface area contributed by atoms with Gasteiger partial charge in [0.15, 0.2) is 17.5 Å². The summed E-state index contributed by atoms with van der Waals surface area (Å²) in [6.45, 7) is 0. The predicted octanol–water partition coefficient (Wildman–Crippen LogP) is 14.3. The Labute approximate surface area is 349 Å². The number of aromatic nitrogens is 4. The first-order chi connectivity index (χ1) is 32.1. The molecule has 0 aliphatic heterocycles. The third-order valence-corrected chi connectivity index (χ3v) is 12.0. The molecule has 0 atom stereocenters. The summed E-state index contributed by atoms with van der Waals surface area (Å²) in [5, 5.41) is 6.17. The second kappa shape index (κ2) is 13.1. The van der Waals surface area contributed by atoms with E-state index in [1.54, 1.807) is 15.9 Å². The highest BCUT2D eigenvalue weighted by Gasteiger charge is 2.23. The van der Waals surface area contributed by atoms with Crippen LogP contribution in [0.2, 0.25) is 0 Å². The molecule has 12 aromatic rings. The number of nitrogens with zero attached hydrogens (tertiary/aromatic N) is 4. The standard InChI is InChI=1S/C53H32N4S/c1-2-14-33(15-3-1)51-54-52(37-28-29-42-41-21-8-11-27-48(41)58-49(42)32-37)56-53(55-51)44-24-13-23-43(38-22-12-18-36-30-34-16-4-5-17-35(34)31-45(36)38)50(44)57-46-25-9-6-19-39(46)40-20-7-10-26-47(40)57/h1-32H/i6D,7D,9D,10D,19D,20D,25D,26D. The van der Waals surface area contributed by atoms with Crippen molar-refractivity contribution in [1.82, 2.24) is 19.5 Å². The van der Waals surface area contributed by atoms with E-state index in [2.05, 4.69) is 48.5 Å². The van der Waals surface area contributed by atoms with Gasteiger partial charge in [0.1, 0.15) is 0 Å². The Morgan fingerprint density at radius 1 is 0.397 bits per heavy atom. The lowest BCUT2D eigenvalue weighted by molar-refractivity contribution is 1.07. The van der Waals surface area contributed by atoms with E-state index >= 15 is 0 Å². The number of fused-ring (bicyclic) bond motifs is 8. The highest BCUT2D eigenvalue weighted by atomic mass is 32.1. The number of para-hydroxylation sites is 3. The topological polar surface area (TPSA) is 43.6 Å². The van der Waals surface area contributed by atoms with Gasteiger partial charge in [0.25, 0.3) is 0 Å². The minimum atomic E-state index is -0.515. The Balaban J connectivity index is 1.25. The molecule has 0 aliphatic rings. The van der Waals surface area contributed by atoms with E-state index in [1.807, 2.05) is 97.1 Å². The lowest BCUT2D eigenvalue weighted by atomic mass is 9.93. The van der Waals surface area contributed by atoms with Crippen molar-refractivity contribution in [3.8, 4) is 51.0 Å². The van der Waals surface area contributed by atoms with E-state index in [9.17, 15) is 5.48 Å². The first-order valence-corrected chi connectivity index (χ1v) is 19.7. The van der Waals surface area contributed by atoms with Gasteiger partial charge in [-0.1, -0.05) is 152 Å². The van der Waals surface area contributed by atoms with Crippen LogP contribution >= 0.6 is 11.3 Å². The summed E-state index contributed by atoms with van der Waals surface area (Å²) in [4.78, 5) is 15.5. The highest BCUT2D eigenvalue weighted by molar-refractivity contribution is 7.25. The van der Waals surface area contributed by atoms with Gasteiger partial charge < -0.3 is 4.57 Å². The molecule has 5 heteroatoms. The average molecular weight is 765 g/mol. The molecule has 0 aliphatic carbocycles. The van der Waals surface area contributed by atoms with E-state index in [0.717, 1.165) is 58.4 Å². The fraction of sp³-hybridized carbons (Fsp3) is 0. The third kappa shape index (κ3) is 5.18. The fourth-order valence-electron chi connectivity index (χ4n) is 8.24. The van der Waals surface area contributed by atoms with Crippen molar-refractivity contribution >= 4 is 74.9 Å². The van der Waals surface area contributed by atoms with Crippen molar-refractivity contribution in [2.45, 2.75) is 0 Å². The zero-order chi connectivity index (χ0) is 45.1. The molecule has 0 amide bonds. The largest absolute Gasteiger partial charge is 0.308 e. The summed E-state index contributed by atoms with van der Waals surface area (Å²) >= 11 is 1.69. The van der Waals surface area contributed by atoms with Crippen LogP contribution in [0.5, 0.6) is 0 Å². The lowest BCUT2D eigenvalue weighted by Crippen LogP contribution is -2.05. The van der Waals surface area contributed by atoms with Gasteiger partial charge in [-0.05, 0) is 69.5 Å². The minimum absolute atomic E-state index is 0.00448. The molecule has 9 aromatic carbocycles. The van der Waals surface area contributed by atoms with Crippen LogP contribution in [0, 0.1) is 0 Å². The number of rotatable bonds is 5. The number of hydrogen-bond acceptors (Lipinski definition) is 4. The van der Waals surface area contributed by atoms with Crippen LogP contribution in [0.25, 0.3) is 115 Å². The number of thiophene rings is 1. The molecule has 0 unspecified atom stereocenters. The van der Waals surface area contributed by atoms with Gasteiger partial charge in [-0.3, -0.25) is 0 Å². The van der Waals surface area contributed by atoms with Gasteiger partial charge in [-0.25, -0.2) is 15.0 Å². The van der Waals surface area contributed by atoms with E-state index in [1.165, 1.54) is 0 Å². The molecular formula is C53H32N4S. The maximum absolute atomic E-state index is 9.50. The Hall–Kier alpha value is -7.47. The van der Waals surface area contributed by atoms with E-state index in [-0.39, 0.29) is 27.6 Å². The van der Waals surface area contributed by atoms with Gasteiger partial charge >= 0.3 is 0 Å². The second-order valence-electron chi connectivity index (χ2n) is 14.2. The summed E-state index contributed by atoms with van der Waals surface area (Å²) in [7, 11) is 0. The van der Waals surface area contributed by atoms with Crippen LogP contribution in [-0.4, -0.2) is 19.5 Å². The van der Waals surface area contributed by atoms with Crippen molar-refractivity contribution in [2.75, 3.05) is 0 Å². The SMILES string of the molecule is [2H]c1c([2H])c([2H])c2c(c1[2H])c1c([2H])c([2H])c([2H])c([2H])c1n2-c1c(-c2nc(-c3ccccc3)nc(-c3ccc4c(c3)sc3ccccc34)n2)cccc1-c1cccc2cc3ccccc3cc12. The molecule has 12 rings (SSSR count). The quantitative estimate of drug-likeness (QED) is 0.164. The summed E-state index contributed by atoms with van der Waals surface area (Å²) in [6.07, 6.45) is 0. The second-order valence-corrected chi connectivity index (χ2v) is 15.3. The monoisotopic (exact) mass is 764 g/mol. The van der Waals surface area contributed by atoms with Gasteiger partial charge in [0.2, 0.25) is 0 Å². The zero-order valence-corrected chi connectivity index (χ0v) is 31.4. The predicted molar refractivity (Wildman–Crippen MR) is 244 cm³/mol. The molecule has 0 bridgehead atoms. The Bertz CT molecular complexity index is 3980. The summed E-state index contributed by atoms with van der Waals surface area (Å²) in [5.74, 6) is 1.04. The molecular weight excluding hydrogens is 725 g/mol. The molecule has 270 valence electrons. The van der Waals surface area contributed by atoms with Crippen LogP contribution in [-0.2, 0) is 0 Å². The van der Waals surface area contributed by atoms with Crippen LogP contribution < -0.4 is 0 Å². The third-order valence-electron chi connectivity index (χ3n) is 10.9. The molecule has 3 heterocycles. The zero-order valence-electron chi connectivity index (χ0n) is 38.6. The van der Waals surface area contributed by atoms with Crippen molar-refractivity contribution in [1.29, 1.82) is 0 Å². The lowest BCUT2D eigenvalue weighted by Gasteiger charge is -2.20. The smallest absolute Gasteiger partial charge is 0.166 e. The van der Waals surface area contributed by atoms with Crippen LogP contribution in [0.4, 0.5) is 0 Å². The van der Waals surface area contributed by atoms with Crippen molar-refractivity contribution in [3.63, 3.8) is 0 Å². The molecule has 0 fully saturated rings. The Kier molecular flexibility index (Phi) is 5.77. The Morgan fingerprint density at radius 2 is 1.00 bits per heavy atom. The van der Waals surface area contributed by atoms with Crippen molar-refractivity contribution in [3.05, 3.63) is 194 Å². The van der Waals surface area contributed by atoms with Crippen LogP contribution in [0.1, 0.15) is 11.0 Å². The molecule has 0 saturated heterocycles. The first kappa shape index (κ1) is 25.6. The van der Waals surface area contributed by atoms with E-state index in [0.29, 0.717) is 28.5 Å². The fourth-order valence-corrected chi connectivity index (χ4v) is 9.38. The maximum Gasteiger partial charge on any atom is 0.166 e. The molecule has 58 heavy (non-hydrogen) atoms. The van der Waals surface area contributed by atoms with E-state index in [4.69, 9.17) is 20.4 Å². The van der Waals surface area contributed by atoms with Crippen molar-refractivity contribution < 1.29 is 11.0 Å². The summed E-state index contributed by atoms with van der Waals surface area (Å²) < 4.78 is 76.7. The molecule has 0 spiro atoms. The van der Waals surface area contributed by atoms with Gasteiger partial charge in [-0.2, -0.15) is 0 Å². The number of hydrogen-bond donors (Lipinski definition) is 0. The van der Waals surface area contributed by atoms with Gasteiger partial charge in [-0.15, -0.1) is 11.3 Å². The molecule has 0 radical (unpaired) electrons. The average Bonchev–Trinajstić information content (AvgIpc) is 3.91. The highest BCUT2D eigenvalue weighted by Crippen LogP contribution is 2.44. The maximum atomic E-state index is 9.50. The first-order valence-electron chi connectivity index (χ1n) is 22.9. The molecule has 3 aromatic heterocycles. The minimum Gasteiger partial charge on any atom is -0.308 e.